The van der Waals surface area contributed by atoms with Crippen LogP contribution in [0.2, 0.25) is 0 Å². The highest BCUT2D eigenvalue weighted by Gasteiger charge is 2.14. The molecule has 0 aromatic carbocycles. The summed E-state index contributed by atoms with van der Waals surface area (Å²) in [5.41, 5.74) is 1.57. The molecular formula is C46H80N2O2. The third-order valence-corrected chi connectivity index (χ3v) is 10.3. The minimum Gasteiger partial charge on any atom is -0.491 e. The fourth-order valence-corrected chi connectivity index (χ4v) is 7.03. The van der Waals surface area contributed by atoms with Crippen LogP contribution < -0.4 is 9.47 Å². The molecule has 50 heavy (non-hydrogen) atoms. The first kappa shape index (κ1) is 44.1. The Kier molecular flexibility index (Phi) is 30.0. The van der Waals surface area contributed by atoms with E-state index >= 15 is 0 Å². The van der Waals surface area contributed by atoms with E-state index in [9.17, 15) is 0 Å². The van der Waals surface area contributed by atoms with Crippen LogP contribution in [0.1, 0.15) is 219 Å². The van der Waals surface area contributed by atoms with Gasteiger partial charge in [0.25, 0.3) is 0 Å². The van der Waals surface area contributed by atoms with Crippen molar-refractivity contribution >= 4 is 0 Å². The summed E-state index contributed by atoms with van der Waals surface area (Å²) >= 11 is 0. The maximum Gasteiger partial charge on any atom is 0.147 e. The van der Waals surface area contributed by atoms with Crippen LogP contribution in [-0.4, -0.2) is 23.2 Å². The molecule has 0 unspecified atom stereocenters. The minimum absolute atomic E-state index is 0.722. The zero-order valence-corrected chi connectivity index (χ0v) is 33.2. The molecule has 0 saturated carbocycles. The van der Waals surface area contributed by atoms with Gasteiger partial charge < -0.3 is 9.47 Å². The quantitative estimate of drug-likeness (QED) is 0.0661. The maximum absolute atomic E-state index is 6.25. The summed E-state index contributed by atoms with van der Waals surface area (Å²) < 4.78 is 12.5. The molecule has 2 rings (SSSR count). The molecule has 0 aliphatic carbocycles. The third-order valence-electron chi connectivity index (χ3n) is 10.3. The lowest BCUT2D eigenvalue weighted by Crippen LogP contribution is -2.03. The van der Waals surface area contributed by atoms with E-state index in [2.05, 4.69) is 23.8 Å². The lowest BCUT2D eigenvalue weighted by atomic mass is 10.0. The first-order valence-electron chi connectivity index (χ1n) is 22.0. The largest absolute Gasteiger partial charge is 0.491 e. The summed E-state index contributed by atoms with van der Waals surface area (Å²) in [6.45, 7) is 6.04. The number of pyridine rings is 2. The molecule has 0 radical (unpaired) electrons. The molecule has 0 aliphatic rings. The number of nitrogens with zero attached hydrogens (tertiary/aromatic N) is 2. The van der Waals surface area contributed by atoms with Gasteiger partial charge in [-0.1, -0.05) is 206 Å². The summed E-state index contributed by atoms with van der Waals surface area (Å²) in [6.07, 6.45) is 47.7. The maximum atomic E-state index is 6.25. The molecule has 0 N–H and O–H groups in total. The first-order valence-corrected chi connectivity index (χ1v) is 22.0. The number of aromatic nitrogens is 2. The van der Waals surface area contributed by atoms with Crippen molar-refractivity contribution in [2.75, 3.05) is 13.2 Å². The number of hydrogen-bond acceptors (Lipinski definition) is 4. The average molecular weight is 693 g/mol. The van der Waals surface area contributed by atoms with Crippen molar-refractivity contribution in [1.29, 1.82) is 0 Å². The van der Waals surface area contributed by atoms with E-state index in [1.54, 1.807) is 0 Å². The molecular weight excluding hydrogens is 613 g/mol. The van der Waals surface area contributed by atoms with E-state index in [0.29, 0.717) is 0 Å². The van der Waals surface area contributed by atoms with E-state index in [1.165, 1.54) is 193 Å². The number of ether oxygens (including phenoxy) is 2. The van der Waals surface area contributed by atoms with Gasteiger partial charge in [0.1, 0.15) is 22.9 Å². The van der Waals surface area contributed by atoms with Gasteiger partial charge in [0.05, 0.1) is 13.2 Å². The lowest BCUT2D eigenvalue weighted by molar-refractivity contribution is 0.299. The summed E-state index contributed by atoms with van der Waals surface area (Å²) in [7, 11) is 0. The van der Waals surface area contributed by atoms with Gasteiger partial charge >= 0.3 is 0 Å². The van der Waals surface area contributed by atoms with E-state index in [0.717, 1.165) is 48.9 Å². The van der Waals surface area contributed by atoms with Crippen molar-refractivity contribution in [3.8, 4) is 22.9 Å². The van der Waals surface area contributed by atoms with Crippen molar-refractivity contribution in [2.45, 2.75) is 219 Å². The van der Waals surface area contributed by atoms with E-state index in [4.69, 9.17) is 9.47 Å². The van der Waals surface area contributed by atoms with Gasteiger partial charge in [-0.25, -0.2) is 0 Å². The second-order valence-electron chi connectivity index (χ2n) is 15.0. The highest BCUT2D eigenvalue weighted by atomic mass is 16.5. The molecule has 2 aromatic heterocycles. The Hall–Kier alpha value is -2.10. The van der Waals surface area contributed by atoms with Crippen LogP contribution in [0.4, 0.5) is 0 Å². The number of unbranched alkanes of at least 4 members (excludes halogenated alkanes) is 30. The van der Waals surface area contributed by atoms with Gasteiger partial charge in [0, 0.05) is 12.4 Å². The predicted octanol–water partition coefficient (Wildman–Crippen LogP) is 15.4. The molecule has 4 nitrogen and oxygen atoms in total. The number of hydrogen-bond donors (Lipinski definition) is 0. The number of rotatable bonds is 37. The summed E-state index contributed by atoms with van der Waals surface area (Å²) in [5.74, 6) is 1.61. The van der Waals surface area contributed by atoms with E-state index in [1.807, 2.05) is 36.7 Å². The molecule has 0 saturated heterocycles. The van der Waals surface area contributed by atoms with Crippen LogP contribution in [0.15, 0.2) is 36.7 Å². The molecule has 2 aromatic rings. The van der Waals surface area contributed by atoms with Crippen LogP contribution in [0, 0.1) is 0 Å². The van der Waals surface area contributed by atoms with Crippen LogP contribution in [0.3, 0.4) is 0 Å². The predicted molar refractivity (Wildman–Crippen MR) is 218 cm³/mol. The Labute approximate surface area is 310 Å². The Bertz CT molecular complexity index is 916. The van der Waals surface area contributed by atoms with E-state index < -0.39 is 0 Å². The molecule has 0 spiro atoms. The second-order valence-corrected chi connectivity index (χ2v) is 15.0. The van der Waals surface area contributed by atoms with Crippen molar-refractivity contribution in [3.05, 3.63) is 36.7 Å². The third kappa shape index (κ3) is 24.2. The zero-order chi connectivity index (χ0) is 35.4. The van der Waals surface area contributed by atoms with Crippen LogP contribution in [0.5, 0.6) is 11.5 Å². The van der Waals surface area contributed by atoms with Gasteiger partial charge in [0.15, 0.2) is 0 Å². The van der Waals surface area contributed by atoms with Crippen LogP contribution in [0.25, 0.3) is 11.4 Å². The lowest BCUT2D eigenvalue weighted by Gasteiger charge is -2.14. The normalized spacial score (nSPS) is 11.3. The standard InChI is InChI=1S/C46H80N2O2/c1-3-5-7-9-11-13-15-17-19-21-23-25-27-29-31-33-41-49-43-37-35-39-47-45(43)46-44(38-36-40-48-46)50-42-34-32-30-28-26-24-22-20-18-16-14-12-10-8-6-4-2/h35-40H,3-34,41-42H2,1-2H3. The minimum atomic E-state index is 0.722. The fraction of sp³-hybridized carbons (Fsp3) is 0.783. The van der Waals surface area contributed by atoms with Crippen molar-refractivity contribution in [2.24, 2.45) is 0 Å². The van der Waals surface area contributed by atoms with Gasteiger partial charge in [-0.3, -0.25) is 9.97 Å². The molecule has 0 amide bonds. The zero-order valence-electron chi connectivity index (χ0n) is 33.2. The Balaban J connectivity index is 1.49. The summed E-state index contributed by atoms with van der Waals surface area (Å²) in [5, 5.41) is 0. The summed E-state index contributed by atoms with van der Waals surface area (Å²) in [4.78, 5) is 9.33. The Morgan fingerprint density at radius 3 is 0.840 bits per heavy atom. The van der Waals surface area contributed by atoms with Crippen molar-refractivity contribution in [3.63, 3.8) is 0 Å². The summed E-state index contributed by atoms with van der Waals surface area (Å²) in [6, 6.07) is 7.94. The first-order chi connectivity index (χ1) is 24.9. The second kappa shape index (κ2) is 34.0. The SMILES string of the molecule is CCCCCCCCCCCCCCCCCCOc1cccnc1-c1ncccc1OCCCCCCCCCCCCCCCCCC. The molecule has 0 aliphatic heterocycles. The molecule has 0 atom stereocenters. The van der Waals surface area contributed by atoms with Crippen LogP contribution >= 0.6 is 0 Å². The van der Waals surface area contributed by atoms with Gasteiger partial charge in [-0.15, -0.1) is 0 Å². The molecule has 2 heterocycles. The Morgan fingerprint density at radius 2 is 0.580 bits per heavy atom. The van der Waals surface area contributed by atoms with Crippen molar-refractivity contribution in [1.82, 2.24) is 9.97 Å². The molecule has 0 bridgehead atoms. The van der Waals surface area contributed by atoms with Gasteiger partial charge in [0.2, 0.25) is 0 Å². The monoisotopic (exact) mass is 693 g/mol. The van der Waals surface area contributed by atoms with E-state index in [-0.39, 0.29) is 0 Å². The smallest absolute Gasteiger partial charge is 0.147 e. The van der Waals surface area contributed by atoms with Gasteiger partial charge in [-0.2, -0.15) is 0 Å². The highest BCUT2D eigenvalue weighted by molar-refractivity contribution is 5.68. The van der Waals surface area contributed by atoms with Crippen LogP contribution in [-0.2, 0) is 0 Å². The van der Waals surface area contributed by atoms with Gasteiger partial charge in [-0.05, 0) is 37.1 Å². The molecule has 286 valence electrons. The molecule has 0 fully saturated rings. The van der Waals surface area contributed by atoms with Crippen molar-refractivity contribution < 1.29 is 9.47 Å². The average Bonchev–Trinajstić information content (AvgIpc) is 3.14. The molecule has 4 heteroatoms. The topological polar surface area (TPSA) is 44.2 Å². The fourth-order valence-electron chi connectivity index (χ4n) is 7.03. The Morgan fingerprint density at radius 1 is 0.340 bits per heavy atom. The highest BCUT2D eigenvalue weighted by Crippen LogP contribution is 2.33.